The van der Waals surface area contributed by atoms with Crippen LogP contribution in [0, 0.1) is 0 Å². The summed E-state index contributed by atoms with van der Waals surface area (Å²) in [5, 5.41) is 35.0. The number of amides is 3. The Kier molecular flexibility index (Phi) is 9.18. The van der Waals surface area contributed by atoms with E-state index in [4.69, 9.17) is 5.73 Å². The van der Waals surface area contributed by atoms with E-state index in [9.17, 15) is 34.5 Å². The van der Waals surface area contributed by atoms with E-state index in [0.29, 0.717) is 5.69 Å². The molecule has 5 unspecified atom stereocenters. The summed E-state index contributed by atoms with van der Waals surface area (Å²) in [6.07, 6.45) is 1.31. The highest BCUT2D eigenvalue weighted by Crippen LogP contribution is 2.01. The van der Waals surface area contributed by atoms with Crippen molar-refractivity contribution in [2.45, 2.75) is 50.5 Å². The van der Waals surface area contributed by atoms with Gasteiger partial charge in [0, 0.05) is 18.3 Å². The van der Waals surface area contributed by atoms with Crippen LogP contribution in [0.3, 0.4) is 0 Å². The molecule has 0 bridgehead atoms. The van der Waals surface area contributed by atoms with Gasteiger partial charge in [-0.1, -0.05) is 0 Å². The summed E-state index contributed by atoms with van der Waals surface area (Å²) in [5.41, 5.74) is 5.86. The van der Waals surface area contributed by atoms with Gasteiger partial charge in [-0.15, -0.1) is 0 Å². The van der Waals surface area contributed by atoms with E-state index < -0.39 is 60.6 Å². The maximum Gasteiger partial charge on any atom is 0.326 e. The number of imidazole rings is 1. The van der Waals surface area contributed by atoms with Crippen molar-refractivity contribution in [2.24, 2.45) is 5.73 Å². The number of carboxylic acids is 1. The highest BCUT2D eigenvalue weighted by molar-refractivity contribution is 5.94. The Morgan fingerprint density at radius 3 is 2.17 bits per heavy atom. The number of nitrogens with one attached hydrogen (secondary N) is 4. The third-order valence-corrected chi connectivity index (χ3v) is 3.89. The fraction of sp³-hybridized carbons (Fsp3) is 0.562. The van der Waals surface area contributed by atoms with Crippen LogP contribution in [0.25, 0.3) is 0 Å². The highest BCUT2D eigenvalue weighted by atomic mass is 16.4. The van der Waals surface area contributed by atoms with Crippen molar-refractivity contribution in [3.8, 4) is 0 Å². The van der Waals surface area contributed by atoms with E-state index in [1.165, 1.54) is 26.4 Å². The predicted molar refractivity (Wildman–Crippen MR) is 98.1 cm³/mol. The van der Waals surface area contributed by atoms with Gasteiger partial charge in [-0.3, -0.25) is 14.4 Å². The fourth-order valence-corrected chi connectivity index (χ4v) is 2.23. The molecule has 3 amide bonds. The van der Waals surface area contributed by atoms with Gasteiger partial charge in [0.25, 0.3) is 0 Å². The number of hydrogen-bond donors (Lipinski definition) is 8. The van der Waals surface area contributed by atoms with E-state index >= 15 is 0 Å². The number of nitrogens with zero attached hydrogens (tertiary/aromatic N) is 1. The van der Waals surface area contributed by atoms with Gasteiger partial charge in [-0.2, -0.15) is 0 Å². The maximum atomic E-state index is 12.3. The lowest BCUT2D eigenvalue weighted by molar-refractivity contribution is -0.142. The Hall–Kier alpha value is -3.03. The Bertz CT molecular complexity index is 707. The molecule has 9 N–H and O–H groups in total. The molecule has 13 heteroatoms. The molecule has 1 aromatic rings. The second-order valence-corrected chi connectivity index (χ2v) is 6.44. The minimum absolute atomic E-state index is 0.103. The third kappa shape index (κ3) is 7.48. The molecular weight excluding hydrogens is 388 g/mol. The molecule has 29 heavy (non-hydrogen) atoms. The molecular formula is C16H26N6O7. The van der Waals surface area contributed by atoms with E-state index in [0.717, 1.165) is 0 Å². The number of aromatic amines is 1. The number of nitrogens with two attached hydrogens (primary N) is 1. The summed E-state index contributed by atoms with van der Waals surface area (Å²) in [4.78, 5) is 54.2. The average molecular weight is 414 g/mol. The lowest BCUT2D eigenvalue weighted by atomic mass is 10.1. The van der Waals surface area contributed by atoms with Crippen LogP contribution < -0.4 is 21.7 Å². The molecule has 1 aromatic heterocycles. The van der Waals surface area contributed by atoms with E-state index in [2.05, 4.69) is 25.9 Å². The summed E-state index contributed by atoms with van der Waals surface area (Å²) < 4.78 is 0. The van der Waals surface area contributed by atoms with Gasteiger partial charge < -0.3 is 42.0 Å². The van der Waals surface area contributed by atoms with Gasteiger partial charge in [-0.25, -0.2) is 9.78 Å². The molecule has 0 radical (unpaired) electrons. The zero-order valence-electron chi connectivity index (χ0n) is 16.0. The van der Waals surface area contributed by atoms with Crippen molar-refractivity contribution < 1.29 is 34.5 Å². The molecule has 1 heterocycles. The van der Waals surface area contributed by atoms with Crippen molar-refractivity contribution in [3.05, 3.63) is 18.2 Å². The summed E-state index contributed by atoms with van der Waals surface area (Å²) in [7, 11) is 0. The van der Waals surface area contributed by atoms with Crippen molar-refractivity contribution in [1.29, 1.82) is 0 Å². The zero-order valence-corrected chi connectivity index (χ0v) is 16.0. The number of aliphatic hydroxyl groups is 2. The number of H-pyrrole nitrogens is 1. The van der Waals surface area contributed by atoms with Crippen LogP contribution in [0.1, 0.15) is 19.5 Å². The standard InChI is InChI=1S/C16H26N6O7/c1-7(17)13(25)22-12(8(2)24)15(27)21-11(5-23)14(26)20-10(16(28)29)3-9-4-18-6-19-9/h4,6-8,10-12,23-24H,3,5,17H2,1-2H3,(H,18,19)(H,20,26)(H,21,27)(H,22,25)(H,28,29). The van der Waals surface area contributed by atoms with Gasteiger partial charge in [0.05, 0.1) is 25.1 Å². The Labute approximate surface area is 166 Å². The van der Waals surface area contributed by atoms with Gasteiger partial charge in [-0.05, 0) is 13.8 Å². The molecule has 5 atom stereocenters. The second-order valence-electron chi connectivity index (χ2n) is 6.44. The van der Waals surface area contributed by atoms with Gasteiger partial charge in [0.1, 0.15) is 18.1 Å². The monoisotopic (exact) mass is 414 g/mol. The third-order valence-electron chi connectivity index (χ3n) is 3.89. The van der Waals surface area contributed by atoms with E-state index in [1.807, 2.05) is 0 Å². The average Bonchev–Trinajstić information content (AvgIpc) is 3.15. The maximum absolute atomic E-state index is 12.3. The quantitative estimate of drug-likeness (QED) is 0.178. The van der Waals surface area contributed by atoms with Gasteiger partial charge >= 0.3 is 5.97 Å². The minimum Gasteiger partial charge on any atom is -0.480 e. The lowest BCUT2D eigenvalue weighted by Crippen LogP contribution is -2.60. The largest absolute Gasteiger partial charge is 0.480 e. The van der Waals surface area contributed by atoms with Crippen molar-refractivity contribution in [1.82, 2.24) is 25.9 Å². The first kappa shape index (κ1) is 24.0. The first-order chi connectivity index (χ1) is 13.6. The number of carbonyl (C=O) groups is 4. The molecule has 0 aliphatic heterocycles. The molecule has 0 aliphatic rings. The van der Waals surface area contributed by atoms with Gasteiger partial charge in [0.15, 0.2) is 0 Å². The number of rotatable bonds is 11. The summed E-state index contributed by atoms with van der Waals surface area (Å²) in [5.74, 6) is -3.96. The number of carbonyl (C=O) groups excluding carboxylic acids is 3. The smallest absolute Gasteiger partial charge is 0.326 e. The number of aromatic nitrogens is 2. The first-order valence-corrected chi connectivity index (χ1v) is 8.72. The molecule has 1 rings (SSSR count). The molecule has 162 valence electrons. The molecule has 13 nitrogen and oxygen atoms in total. The number of aliphatic carboxylic acids is 1. The van der Waals surface area contributed by atoms with Crippen molar-refractivity contribution in [3.63, 3.8) is 0 Å². The van der Waals surface area contributed by atoms with Gasteiger partial charge in [0.2, 0.25) is 17.7 Å². The second kappa shape index (κ2) is 11.1. The molecule has 0 saturated carbocycles. The lowest BCUT2D eigenvalue weighted by Gasteiger charge is -2.25. The number of aliphatic hydroxyl groups excluding tert-OH is 2. The number of hydrogen-bond acceptors (Lipinski definition) is 8. The van der Waals surface area contributed by atoms with Crippen molar-refractivity contribution in [2.75, 3.05) is 6.61 Å². The van der Waals surface area contributed by atoms with Crippen LogP contribution in [0.15, 0.2) is 12.5 Å². The fourth-order valence-electron chi connectivity index (χ4n) is 2.23. The number of carboxylic acid groups (broad SMARTS) is 1. The SMILES string of the molecule is CC(N)C(=O)NC(C(=O)NC(CO)C(=O)NC(Cc1cnc[nH]1)C(=O)O)C(C)O. The van der Waals surface area contributed by atoms with Crippen LogP contribution >= 0.6 is 0 Å². The van der Waals surface area contributed by atoms with Crippen molar-refractivity contribution >= 4 is 23.7 Å². The van der Waals surface area contributed by atoms with E-state index in [-0.39, 0.29) is 6.42 Å². The minimum atomic E-state index is -1.51. The highest BCUT2D eigenvalue weighted by Gasteiger charge is 2.31. The van der Waals surface area contributed by atoms with Crippen LogP contribution in [0.5, 0.6) is 0 Å². The molecule has 0 aromatic carbocycles. The molecule has 0 fully saturated rings. The summed E-state index contributed by atoms with van der Waals surface area (Å²) in [6, 6.07) is -5.24. The topological polar surface area (TPSA) is 220 Å². The molecule has 0 spiro atoms. The molecule has 0 aliphatic carbocycles. The summed E-state index contributed by atoms with van der Waals surface area (Å²) >= 11 is 0. The van der Waals surface area contributed by atoms with Crippen LogP contribution in [-0.4, -0.2) is 85.9 Å². The molecule has 0 saturated heterocycles. The first-order valence-electron chi connectivity index (χ1n) is 8.72. The van der Waals surface area contributed by atoms with E-state index in [1.54, 1.807) is 0 Å². The predicted octanol–water partition coefficient (Wildman–Crippen LogP) is -3.79. The Morgan fingerprint density at radius 1 is 1.10 bits per heavy atom. The summed E-state index contributed by atoms with van der Waals surface area (Å²) in [6.45, 7) is 1.77. The van der Waals surface area contributed by atoms with Crippen LogP contribution in [0.2, 0.25) is 0 Å². The zero-order chi connectivity index (χ0) is 22.1. The van der Waals surface area contributed by atoms with Crippen LogP contribution in [-0.2, 0) is 25.6 Å². The normalized spacial score (nSPS) is 16.0. The Morgan fingerprint density at radius 2 is 1.72 bits per heavy atom. The Balaban J connectivity index is 2.80. The van der Waals surface area contributed by atoms with Crippen LogP contribution in [0.4, 0.5) is 0 Å².